The van der Waals surface area contributed by atoms with Crippen LogP contribution in [0, 0.1) is 0 Å². The van der Waals surface area contributed by atoms with Crippen molar-refractivity contribution in [3.05, 3.63) is 64.4 Å². The van der Waals surface area contributed by atoms with Gasteiger partial charge in [-0.3, -0.25) is 9.69 Å². The van der Waals surface area contributed by atoms with Gasteiger partial charge in [0, 0.05) is 29.1 Å². The van der Waals surface area contributed by atoms with Crippen molar-refractivity contribution in [3.8, 4) is 11.5 Å². The van der Waals surface area contributed by atoms with Crippen molar-refractivity contribution in [1.29, 1.82) is 0 Å². The SMILES string of the molecule is CCc1cc([C@@H](c2cc(OC)ccc2OC)N2CCOCC2)c(NC(=O)c2ccco2)s1. The molecule has 1 atom stereocenters. The molecule has 1 N–H and O–H groups in total. The fourth-order valence-electron chi connectivity index (χ4n) is 3.96. The van der Waals surface area contributed by atoms with E-state index in [1.807, 2.05) is 18.2 Å². The van der Waals surface area contributed by atoms with Crippen LogP contribution in [0.2, 0.25) is 0 Å². The number of methoxy groups -OCH3 is 2. The van der Waals surface area contributed by atoms with E-state index in [9.17, 15) is 4.79 Å². The fourth-order valence-corrected chi connectivity index (χ4v) is 4.98. The summed E-state index contributed by atoms with van der Waals surface area (Å²) in [5, 5.41) is 3.89. The number of hydrogen-bond donors (Lipinski definition) is 1. The van der Waals surface area contributed by atoms with Gasteiger partial charge in [0.15, 0.2) is 5.76 Å². The number of morpholine rings is 1. The summed E-state index contributed by atoms with van der Waals surface area (Å²) in [6.07, 6.45) is 2.37. The van der Waals surface area contributed by atoms with E-state index < -0.39 is 0 Å². The van der Waals surface area contributed by atoms with Gasteiger partial charge in [-0.15, -0.1) is 11.3 Å². The Labute approximate surface area is 191 Å². The third-order valence-corrected chi connectivity index (χ3v) is 6.78. The number of hydrogen-bond acceptors (Lipinski definition) is 7. The molecule has 2 aromatic heterocycles. The van der Waals surface area contributed by atoms with E-state index in [0.29, 0.717) is 13.2 Å². The second-order valence-electron chi connectivity index (χ2n) is 7.44. The average molecular weight is 457 g/mol. The summed E-state index contributed by atoms with van der Waals surface area (Å²) < 4.78 is 22.2. The summed E-state index contributed by atoms with van der Waals surface area (Å²) in [4.78, 5) is 16.4. The number of rotatable bonds is 8. The molecule has 0 bridgehead atoms. The Hall–Kier alpha value is -2.81. The number of carbonyl (C=O) groups excluding carboxylic acids is 1. The molecule has 0 spiro atoms. The van der Waals surface area contributed by atoms with E-state index in [-0.39, 0.29) is 17.7 Å². The monoisotopic (exact) mass is 456 g/mol. The molecule has 1 fully saturated rings. The van der Waals surface area contributed by atoms with Gasteiger partial charge in [0.2, 0.25) is 0 Å². The molecule has 1 saturated heterocycles. The van der Waals surface area contributed by atoms with Gasteiger partial charge in [-0.1, -0.05) is 6.92 Å². The number of amides is 1. The van der Waals surface area contributed by atoms with E-state index in [2.05, 4.69) is 23.2 Å². The van der Waals surface area contributed by atoms with Crippen LogP contribution in [-0.2, 0) is 11.2 Å². The van der Waals surface area contributed by atoms with Crippen LogP contribution in [0.4, 0.5) is 5.00 Å². The highest BCUT2D eigenvalue weighted by atomic mass is 32.1. The number of anilines is 1. The molecule has 170 valence electrons. The Kier molecular flexibility index (Phi) is 7.14. The number of nitrogens with one attached hydrogen (secondary N) is 1. The van der Waals surface area contributed by atoms with Gasteiger partial charge in [-0.05, 0) is 42.8 Å². The van der Waals surface area contributed by atoms with Gasteiger partial charge in [-0.25, -0.2) is 0 Å². The first kappa shape index (κ1) is 22.4. The minimum absolute atomic E-state index is 0.132. The van der Waals surface area contributed by atoms with Crippen LogP contribution in [0.25, 0.3) is 0 Å². The lowest BCUT2D eigenvalue weighted by atomic mass is 9.96. The Morgan fingerprint density at radius 2 is 1.97 bits per heavy atom. The molecule has 1 aromatic carbocycles. The lowest BCUT2D eigenvalue weighted by molar-refractivity contribution is 0.0237. The van der Waals surface area contributed by atoms with Crippen LogP contribution < -0.4 is 14.8 Å². The molecule has 7 nitrogen and oxygen atoms in total. The molecule has 4 rings (SSSR count). The van der Waals surface area contributed by atoms with E-state index >= 15 is 0 Å². The van der Waals surface area contributed by atoms with E-state index in [1.54, 1.807) is 37.7 Å². The summed E-state index contributed by atoms with van der Waals surface area (Å²) >= 11 is 1.59. The Bertz CT molecular complexity index is 1040. The fraction of sp³-hybridized carbons (Fsp3) is 0.375. The normalized spacial score (nSPS) is 15.3. The molecule has 0 aliphatic carbocycles. The molecule has 32 heavy (non-hydrogen) atoms. The highest BCUT2D eigenvalue weighted by Crippen LogP contribution is 2.43. The summed E-state index contributed by atoms with van der Waals surface area (Å²) in [6.45, 7) is 4.97. The van der Waals surface area contributed by atoms with Gasteiger partial charge >= 0.3 is 0 Å². The van der Waals surface area contributed by atoms with Crippen molar-refractivity contribution in [2.75, 3.05) is 45.8 Å². The molecule has 0 unspecified atom stereocenters. The van der Waals surface area contributed by atoms with Crippen LogP contribution in [0.3, 0.4) is 0 Å². The maximum absolute atomic E-state index is 12.8. The lowest BCUT2D eigenvalue weighted by Gasteiger charge is -2.35. The van der Waals surface area contributed by atoms with Crippen LogP contribution in [0.5, 0.6) is 11.5 Å². The second-order valence-corrected chi connectivity index (χ2v) is 8.58. The summed E-state index contributed by atoms with van der Waals surface area (Å²) in [5.74, 6) is 1.55. The van der Waals surface area contributed by atoms with Crippen molar-refractivity contribution in [1.82, 2.24) is 4.90 Å². The van der Waals surface area contributed by atoms with E-state index in [1.165, 1.54) is 11.1 Å². The standard InChI is InChI=1S/C24H28N2O5S/c1-4-17-15-19(24(32-17)25-23(27)21-6-5-11-31-21)22(26-9-12-30-13-10-26)18-14-16(28-2)7-8-20(18)29-3/h5-8,11,14-15,22H,4,9-10,12-13H2,1-3H3,(H,25,27)/t22-/m1/s1. The maximum Gasteiger partial charge on any atom is 0.291 e. The van der Waals surface area contributed by atoms with Crippen molar-refractivity contribution < 1.29 is 23.4 Å². The first-order valence-electron chi connectivity index (χ1n) is 10.7. The van der Waals surface area contributed by atoms with Crippen LogP contribution in [0.1, 0.15) is 39.5 Å². The van der Waals surface area contributed by atoms with Crippen molar-refractivity contribution >= 4 is 22.2 Å². The molecule has 1 aliphatic rings. The molecule has 1 aliphatic heterocycles. The second kappa shape index (κ2) is 10.2. The molecular formula is C24H28N2O5S. The van der Waals surface area contributed by atoms with Crippen LogP contribution >= 0.6 is 11.3 Å². The average Bonchev–Trinajstić information content (AvgIpc) is 3.51. The third kappa shape index (κ3) is 4.67. The van der Waals surface area contributed by atoms with Crippen molar-refractivity contribution in [2.45, 2.75) is 19.4 Å². The van der Waals surface area contributed by atoms with E-state index in [4.69, 9.17) is 18.6 Å². The zero-order valence-electron chi connectivity index (χ0n) is 18.6. The van der Waals surface area contributed by atoms with Crippen LogP contribution in [0.15, 0.2) is 47.1 Å². The number of benzene rings is 1. The largest absolute Gasteiger partial charge is 0.497 e. The zero-order chi connectivity index (χ0) is 22.5. The maximum atomic E-state index is 12.8. The van der Waals surface area contributed by atoms with Gasteiger partial charge < -0.3 is 23.9 Å². The van der Waals surface area contributed by atoms with Gasteiger partial charge in [0.1, 0.15) is 16.5 Å². The first-order valence-corrected chi connectivity index (χ1v) is 11.5. The van der Waals surface area contributed by atoms with Crippen molar-refractivity contribution in [2.24, 2.45) is 0 Å². The number of thiophene rings is 1. The minimum Gasteiger partial charge on any atom is -0.497 e. The molecular weight excluding hydrogens is 428 g/mol. The summed E-state index contributed by atoms with van der Waals surface area (Å²) in [5.41, 5.74) is 2.02. The van der Waals surface area contributed by atoms with Crippen LogP contribution in [-0.4, -0.2) is 51.3 Å². The van der Waals surface area contributed by atoms with E-state index in [0.717, 1.165) is 47.1 Å². The molecule has 1 amide bonds. The van der Waals surface area contributed by atoms with Gasteiger partial charge in [0.25, 0.3) is 5.91 Å². The lowest BCUT2D eigenvalue weighted by Crippen LogP contribution is -2.39. The predicted molar refractivity (Wildman–Crippen MR) is 124 cm³/mol. The van der Waals surface area contributed by atoms with Gasteiger partial charge in [0.05, 0.1) is 39.7 Å². The number of furan rings is 1. The number of nitrogens with zero attached hydrogens (tertiary/aromatic N) is 1. The summed E-state index contributed by atoms with van der Waals surface area (Å²) in [6, 6.07) is 11.3. The molecule has 8 heteroatoms. The first-order chi connectivity index (χ1) is 15.6. The zero-order valence-corrected chi connectivity index (χ0v) is 19.4. The van der Waals surface area contributed by atoms with Gasteiger partial charge in [-0.2, -0.15) is 0 Å². The molecule has 3 heterocycles. The molecule has 0 saturated carbocycles. The highest BCUT2D eigenvalue weighted by molar-refractivity contribution is 7.16. The summed E-state index contributed by atoms with van der Waals surface area (Å²) in [7, 11) is 3.33. The Balaban J connectivity index is 1.81. The number of carbonyl (C=O) groups is 1. The molecule has 3 aromatic rings. The Morgan fingerprint density at radius 3 is 2.62 bits per heavy atom. The number of aryl methyl sites for hydroxylation is 1. The van der Waals surface area contributed by atoms with Crippen molar-refractivity contribution in [3.63, 3.8) is 0 Å². The predicted octanol–water partition coefficient (Wildman–Crippen LogP) is 4.59. The third-order valence-electron chi connectivity index (χ3n) is 5.57. The minimum atomic E-state index is -0.265. The quantitative estimate of drug-likeness (QED) is 0.534. The number of ether oxygens (including phenoxy) is 3. The smallest absolute Gasteiger partial charge is 0.291 e. The highest BCUT2D eigenvalue weighted by Gasteiger charge is 2.31. The Morgan fingerprint density at radius 1 is 1.16 bits per heavy atom. The molecule has 0 radical (unpaired) electrons. The topological polar surface area (TPSA) is 73.2 Å².